The molecular weight excluding hydrogens is 360 g/mol. The van der Waals surface area contributed by atoms with Gasteiger partial charge in [0.15, 0.2) is 10.4 Å². The monoisotopic (exact) mass is 374 g/mol. The van der Waals surface area contributed by atoms with Gasteiger partial charge in [-0.3, -0.25) is 9.59 Å². The second-order valence-electron chi connectivity index (χ2n) is 5.56. The lowest BCUT2D eigenvalue weighted by molar-refractivity contribution is 0.0995. The van der Waals surface area contributed by atoms with Crippen molar-refractivity contribution in [1.82, 2.24) is 4.98 Å². The van der Waals surface area contributed by atoms with Crippen LogP contribution in [0.4, 0.5) is 5.69 Å². The third kappa shape index (κ3) is 3.22. The number of nitrogens with one attached hydrogen (secondary N) is 2. The van der Waals surface area contributed by atoms with Crippen molar-refractivity contribution in [1.29, 1.82) is 0 Å². The van der Waals surface area contributed by atoms with Crippen LogP contribution in [0.25, 0.3) is 10.9 Å². The smallest absolute Gasteiger partial charge is 0.291 e. The van der Waals surface area contributed by atoms with Crippen LogP contribution in [0.1, 0.15) is 35.9 Å². The number of carbonyl (C=O) groups is 1. The quantitative estimate of drug-likeness (QED) is 0.718. The summed E-state index contributed by atoms with van der Waals surface area (Å²) in [6.45, 7) is 4.08. The molecule has 0 saturated carbocycles. The molecule has 2 aromatic heterocycles. The van der Waals surface area contributed by atoms with Crippen LogP contribution in [-0.2, 0) is 0 Å². The van der Waals surface area contributed by atoms with Crippen LogP contribution in [0.15, 0.2) is 50.3 Å². The van der Waals surface area contributed by atoms with E-state index in [0.29, 0.717) is 15.9 Å². The molecule has 5 nitrogen and oxygen atoms in total. The maximum atomic E-state index is 12.1. The number of furan rings is 1. The predicted molar refractivity (Wildman–Crippen MR) is 93.0 cm³/mol. The summed E-state index contributed by atoms with van der Waals surface area (Å²) in [6, 6.07) is 10.3. The van der Waals surface area contributed by atoms with Crippen molar-refractivity contribution < 1.29 is 9.21 Å². The van der Waals surface area contributed by atoms with Crippen LogP contribution in [0, 0.1) is 0 Å². The number of aromatic nitrogens is 1. The van der Waals surface area contributed by atoms with E-state index in [9.17, 15) is 9.59 Å². The fourth-order valence-corrected chi connectivity index (χ4v) is 2.78. The van der Waals surface area contributed by atoms with E-state index in [0.717, 1.165) is 10.9 Å². The zero-order chi connectivity index (χ0) is 16.6. The third-order valence-corrected chi connectivity index (χ3v) is 3.98. The van der Waals surface area contributed by atoms with Crippen molar-refractivity contribution in [3.8, 4) is 0 Å². The van der Waals surface area contributed by atoms with Gasteiger partial charge < -0.3 is 14.7 Å². The number of carbonyl (C=O) groups excluding carboxylic acids is 1. The van der Waals surface area contributed by atoms with Gasteiger partial charge in [0.2, 0.25) is 5.56 Å². The number of halogens is 1. The van der Waals surface area contributed by atoms with Gasteiger partial charge in [-0.2, -0.15) is 0 Å². The number of anilines is 1. The van der Waals surface area contributed by atoms with Crippen molar-refractivity contribution >= 4 is 38.4 Å². The van der Waals surface area contributed by atoms with Gasteiger partial charge in [-0.15, -0.1) is 0 Å². The summed E-state index contributed by atoms with van der Waals surface area (Å²) in [6.07, 6.45) is 0. The highest BCUT2D eigenvalue weighted by Crippen LogP contribution is 2.25. The molecule has 3 aromatic rings. The van der Waals surface area contributed by atoms with E-state index < -0.39 is 0 Å². The number of aromatic amines is 1. The van der Waals surface area contributed by atoms with Gasteiger partial charge in [-0.1, -0.05) is 19.9 Å². The molecule has 0 radical (unpaired) electrons. The minimum Gasteiger partial charge on any atom is -0.444 e. The SMILES string of the molecule is CC(C)c1cc(=O)[nH]c2cc(NC(=O)c3ccc(Br)o3)ccc12. The van der Waals surface area contributed by atoms with E-state index in [1.807, 2.05) is 26.0 Å². The number of hydrogen-bond donors (Lipinski definition) is 2. The fourth-order valence-electron chi connectivity index (χ4n) is 2.47. The Morgan fingerprint density at radius 3 is 2.65 bits per heavy atom. The van der Waals surface area contributed by atoms with Crippen molar-refractivity contribution in [2.24, 2.45) is 0 Å². The molecule has 0 unspecified atom stereocenters. The third-order valence-electron chi connectivity index (χ3n) is 3.55. The van der Waals surface area contributed by atoms with Gasteiger partial charge in [-0.05, 0) is 51.7 Å². The molecule has 1 amide bonds. The normalized spacial score (nSPS) is 11.1. The van der Waals surface area contributed by atoms with E-state index in [1.165, 1.54) is 0 Å². The van der Waals surface area contributed by atoms with Gasteiger partial charge in [0.1, 0.15) is 0 Å². The van der Waals surface area contributed by atoms with Crippen molar-refractivity contribution in [2.75, 3.05) is 5.32 Å². The number of fused-ring (bicyclic) bond motifs is 1. The molecule has 0 atom stereocenters. The summed E-state index contributed by atoms with van der Waals surface area (Å²) in [5.41, 5.74) is 2.11. The van der Waals surface area contributed by atoms with Gasteiger partial charge in [0, 0.05) is 17.1 Å². The van der Waals surface area contributed by atoms with Crippen molar-refractivity contribution in [2.45, 2.75) is 19.8 Å². The highest BCUT2D eigenvalue weighted by molar-refractivity contribution is 9.10. The first-order chi connectivity index (χ1) is 10.9. The van der Waals surface area contributed by atoms with Crippen LogP contribution in [0.3, 0.4) is 0 Å². The van der Waals surface area contributed by atoms with Gasteiger partial charge >= 0.3 is 0 Å². The Balaban J connectivity index is 1.97. The zero-order valence-corrected chi connectivity index (χ0v) is 14.2. The van der Waals surface area contributed by atoms with Crippen LogP contribution >= 0.6 is 15.9 Å². The minimum atomic E-state index is -0.350. The Bertz CT molecular complexity index is 940. The van der Waals surface area contributed by atoms with Gasteiger partial charge in [-0.25, -0.2) is 0 Å². The fraction of sp³-hybridized carbons (Fsp3) is 0.176. The molecule has 3 rings (SSSR count). The molecule has 0 spiro atoms. The summed E-state index contributed by atoms with van der Waals surface area (Å²) >= 11 is 3.16. The summed E-state index contributed by atoms with van der Waals surface area (Å²) in [5, 5.41) is 3.73. The Morgan fingerprint density at radius 2 is 2.00 bits per heavy atom. The molecule has 23 heavy (non-hydrogen) atoms. The summed E-state index contributed by atoms with van der Waals surface area (Å²) < 4.78 is 5.71. The molecule has 2 heterocycles. The molecule has 0 saturated heterocycles. The Kier molecular flexibility index (Phi) is 4.09. The first-order valence-corrected chi connectivity index (χ1v) is 7.97. The number of benzene rings is 1. The summed E-state index contributed by atoms with van der Waals surface area (Å²) in [5.74, 6) is 0.0968. The predicted octanol–water partition coefficient (Wildman–Crippen LogP) is 4.26. The molecule has 0 aliphatic carbocycles. The van der Waals surface area contributed by atoms with E-state index >= 15 is 0 Å². The topological polar surface area (TPSA) is 75.1 Å². The Labute approximate surface area is 140 Å². The summed E-state index contributed by atoms with van der Waals surface area (Å²) in [7, 11) is 0. The highest BCUT2D eigenvalue weighted by Gasteiger charge is 2.12. The van der Waals surface area contributed by atoms with Crippen molar-refractivity contribution in [3.05, 3.63) is 62.7 Å². The van der Waals surface area contributed by atoms with Crippen LogP contribution in [0.2, 0.25) is 0 Å². The van der Waals surface area contributed by atoms with Gasteiger partial charge in [0.05, 0.1) is 5.52 Å². The standard InChI is InChI=1S/C17H15BrN2O3/c1-9(2)12-8-16(21)20-13-7-10(3-4-11(12)13)19-17(22)14-5-6-15(18)23-14/h3-9H,1-2H3,(H,19,22)(H,20,21). The van der Waals surface area contributed by atoms with Crippen LogP contribution in [0.5, 0.6) is 0 Å². The molecule has 0 aliphatic heterocycles. The lowest BCUT2D eigenvalue weighted by atomic mass is 9.99. The summed E-state index contributed by atoms with van der Waals surface area (Å²) in [4.78, 5) is 26.7. The minimum absolute atomic E-state index is 0.153. The second-order valence-corrected chi connectivity index (χ2v) is 6.34. The van der Waals surface area contributed by atoms with Gasteiger partial charge in [0.25, 0.3) is 5.91 Å². The van der Waals surface area contributed by atoms with E-state index in [1.54, 1.807) is 24.3 Å². The average molecular weight is 375 g/mol. The maximum Gasteiger partial charge on any atom is 0.291 e. The lowest BCUT2D eigenvalue weighted by Gasteiger charge is -2.11. The average Bonchev–Trinajstić information content (AvgIpc) is 2.92. The first kappa shape index (κ1) is 15.6. The highest BCUT2D eigenvalue weighted by atomic mass is 79.9. The van der Waals surface area contributed by atoms with Crippen molar-refractivity contribution in [3.63, 3.8) is 0 Å². The number of H-pyrrole nitrogens is 1. The van der Waals surface area contributed by atoms with E-state index in [-0.39, 0.29) is 23.1 Å². The number of amides is 1. The number of rotatable bonds is 3. The Morgan fingerprint density at radius 1 is 1.22 bits per heavy atom. The first-order valence-electron chi connectivity index (χ1n) is 7.17. The Hall–Kier alpha value is -2.34. The largest absolute Gasteiger partial charge is 0.444 e. The second kappa shape index (κ2) is 6.04. The molecule has 0 fully saturated rings. The maximum absolute atomic E-state index is 12.1. The number of hydrogen-bond acceptors (Lipinski definition) is 3. The molecular formula is C17H15BrN2O3. The van der Waals surface area contributed by atoms with E-state index in [2.05, 4.69) is 26.2 Å². The zero-order valence-electron chi connectivity index (χ0n) is 12.6. The molecule has 118 valence electrons. The van der Waals surface area contributed by atoms with Crippen LogP contribution in [-0.4, -0.2) is 10.9 Å². The number of pyridine rings is 1. The molecule has 0 aliphatic rings. The van der Waals surface area contributed by atoms with Crippen LogP contribution < -0.4 is 10.9 Å². The molecule has 0 bridgehead atoms. The molecule has 6 heteroatoms. The molecule has 1 aromatic carbocycles. The van der Waals surface area contributed by atoms with E-state index in [4.69, 9.17) is 4.42 Å². The lowest BCUT2D eigenvalue weighted by Crippen LogP contribution is -2.12. The molecule has 2 N–H and O–H groups in total.